The molecule has 3 N–H and O–H groups in total. The molecule has 0 spiro atoms. The van der Waals surface area contributed by atoms with Crippen LogP contribution < -0.4 is 5.32 Å². The topological polar surface area (TPSA) is 60.9 Å². The van der Waals surface area contributed by atoms with Crippen molar-refractivity contribution in [3.05, 3.63) is 53.3 Å². The third kappa shape index (κ3) is 3.15. The first-order valence-corrected chi connectivity index (χ1v) is 5.70. The Morgan fingerprint density at radius 3 is 2.76 bits per heavy atom. The van der Waals surface area contributed by atoms with Crippen molar-refractivity contribution in [2.75, 3.05) is 6.54 Å². The molecule has 1 atom stereocenters. The van der Waals surface area contributed by atoms with Gasteiger partial charge in [-0.15, -0.1) is 0 Å². The fraction of sp³-hybridized carbons (Fsp3) is 0.308. The van der Waals surface area contributed by atoms with Crippen molar-refractivity contribution in [3.8, 4) is 0 Å². The van der Waals surface area contributed by atoms with Crippen LogP contribution in [0.1, 0.15) is 22.9 Å². The summed E-state index contributed by atoms with van der Waals surface area (Å²) < 4.78 is 0. The first-order chi connectivity index (χ1) is 8.27. The molecular formula is C13H17N3O. The van der Waals surface area contributed by atoms with Crippen molar-refractivity contribution in [3.63, 3.8) is 0 Å². The molecule has 0 aliphatic rings. The maximum atomic E-state index is 9.93. The summed E-state index contributed by atoms with van der Waals surface area (Å²) in [6.45, 7) is 3.23. The molecule has 90 valence electrons. The molecule has 0 amide bonds. The van der Waals surface area contributed by atoms with Crippen molar-refractivity contribution >= 4 is 0 Å². The number of H-pyrrole nitrogens is 1. The predicted octanol–water partition coefficient (Wildman–Crippen LogP) is 1.54. The maximum Gasteiger partial charge on any atom is 0.0914 e. The molecule has 4 heteroatoms. The van der Waals surface area contributed by atoms with Crippen LogP contribution in [0.5, 0.6) is 0 Å². The van der Waals surface area contributed by atoms with E-state index in [2.05, 4.69) is 15.5 Å². The Balaban J connectivity index is 1.81. The smallest absolute Gasteiger partial charge is 0.0914 e. The molecule has 0 aliphatic carbocycles. The van der Waals surface area contributed by atoms with Crippen molar-refractivity contribution < 1.29 is 5.11 Å². The van der Waals surface area contributed by atoms with Crippen LogP contribution >= 0.6 is 0 Å². The van der Waals surface area contributed by atoms with Crippen LogP contribution in [-0.4, -0.2) is 21.8 Å². The Hall–Kier alpha value is -1.65. The number of benzene rings is 1. The number of aliphatic hydroxyl groups is 1. The van der Waals surface area contributed by atoms with E-state index < -0.39 is 6.10 Å². The monoisotopic (exact) mass is 231 g/mol. The molecule has 2 rings (SSSR count). The molecule has 1 heterocycles. The Morgan fingerprint density at radius 1 is 1.35 bits per heavy atom. The highest BCUT2D eigenvalue weighted by Crippen LogP contribution is 2.11. The number of nitrogens with one attached hydrogen (secondary N) is 2. The van der Waals surface area contributed by atoms with Crippen LogP contribution in [0, 0.1) is 6.92 Å². The van der Waals surface area contributed by atoms with E-state index in [-0.39, 0.29) is 0 Å². The van der Waals surface area contributed by atoms with Gasteiger partial charge in [0.2, 0.25) is 0 Å². The van der Waals surface area contributed by atoms with Crippen molar-refractivity contribution in [1.29, 1.82) is 0 Å². The third-order valence-electron chi connectivity index (χ3n) is 2.77. The lowest BCUT2D eigenvalue weighted by Crippen LogP contribution is -2.21. The predicted molar refractivity (Wildman–Crippen MR) is 66.4 cm³/mol. The number of hydrogen-bond acceptors (Lipinski definition) is 3. The first-order valence-electron chi connectivity index (χ1n) is 5.70. The van der Waals surface area contributed by atoms with Crippen LogP contribution in [0.3, 0.4) is 0 Å². The lowest BCUT2D eigenvalue weighted by Gasteiger charge is -2.11. The number of rotatable bonds is 5. The number of aliphatic hydroxyl groups excluding tert-OH is 1. The second kappa shape index (κ2) is 5.61. The average Bonchev–Trinajstić information content (AvgIpc) is 2.76. The molecular weight excluding hydrogens is 214 g/mol. The highest BCUT2D eigenvalue weighted by Gasteiger charge is 2.06. The summed E-state index contributed by atoms with van der Waals surface area (Å²) in [7, 11) is 0. The standard InChI is InChI=1S/C13H17N3O/c1-10-12(8-15-16-10)7-14-9-13(17)11-5-3-2-4-6-11/h2-6,8,13-14,17H,7,9H2,1H3,(H,15,16)/t13-/m1/s1. The van der Waals surface area contributed by atoms with Gasteiger partial charge in [0.15, 0.2) is 0 Å². The highest BCUT2D eigenvalue weighted by atomic mass is 16.3. The van der Waals surface area contributed by atoms with Crippen molar-refractivity contribution in [2.45, 2.75) is 19.6 Å². The molecule has 0 fully saturated rings. The summed E-state index contributed by atoms with van der Waals surface area (Å²) in [5.41, 5.74) is 3.13. The fourth-order valence-corrected chi connectivity index (χ4v) is 1.69. The van der Waals surface area contributed by atoms with E-state index in [1.165, 1.54) is 0 Å². The lowest BCUT2D eigenvalue weighted by atomic mass is 10.1. The molecule has 0 unspecified atom stereocenters. The molecule has 1 aromatic heterocycles. The summed E-state index contributed by atoms with van der Waals surface area (Å²) in [6, 6.07) is 9.65. The highest BCUT2D eigenvalue weighted by molar-refractivity contribution is 5.18. The van der Waals surface area contributed by atoms with Gasteiger partial charge in [-0.05, 0) is 12.5 Å². The van der Waals surface area contributed by atoms with Crippen LogP contribution in [0.15, 0.2) is 36.5 Å². The molecule has 0 saturated heterocycles. The molecule has 1 aromatic carbocycles. The maximum absolute atomic E-state index is 9.93. The Labute approximate surface area is 101 Å². The van der Waals surface area contributed by atoms with Gasteiger partial charge >= 0.3 is 0 Å². The Bertz CT molecular complexity index is 453. The van der Waals surface area contributed by atoms with Crippen LogP contribution in [0.2, 0.25) is 0 Å². The van der Waals surface area contributed by atoms with Crippen LogP contribution in [0.4, 0.5) is 0 Å². The second-order valence-electron chi connectivity index (χ2n) is 4.08. The van der Waals surface area contributed by atoms with Gasteiger partial charge in [-0.1, -0.05) is 30.3 Å². The summed E-state index contributed by atoms with van der Waals surface area (Å²) in [4.78, 5) is 0. The van der Waals surface area contributed by atoms with Gasteiger partial charge in [0.1, 0.15) is 0 Å². The minimum Gasteiger partial charge on any atom is -0.387 e. The van der Waals surface area contributed by atoms with E-state index in [9.17, 15) is 5.11 Å². The molecule has 17 heavy (non-hydrogen) atoms. The van der Waals surface area contributed by atoms with E-state index in [0.717, 1.165) is 16.8 Å². The van der Waals surface area contributed by atoms with Gasteiger partial charge in [0.05, 0.1) is 12.3 Å². The SMILES string of the molecule is Cc1[nH]ncc1CNC[C@@H](O)c1ccccc1. The first kappa shape index (κ1) is 11.8. The normalized spacial score (nSPS) is 12.6. The lowest BCUT2D eigenvalue weighted by molar-refractivity contribution is 0.174. The minimum absolute atomic E-state index is 0.469. The van der Waals surface area contributed by atoms with Gasteiger partial charge in [-0.25, -0.2) is 0 Å². The fourth-order valence-electron chi connectivity index (χ4n) is 1.69. The summed E-state index contributed by atoms with van der Waals surface area (Å²) >= 11 is 0. The quantitative estimate of drug-likeness (QED) is 0.731. The number of aromatic nitrogens is 2. The van der Waals surface area contributed by atoms with E-state index in [1.807, 2.05) is 37.3 Å². The second-order valence-corrected chi connectivity index (χ2v) is 4.08. The Kier molecular flexibility index (Phi) is 3.90. The molecule has 4 nitrogen and oxygen atoms in total. The largest absolute Gasteiger partial charge is 0.387 e. The van der Waals surface area contributed by atoms with E-state index >= 15 is 0 Å². The number of aromatic amines is 1. The molecule has 0 aliphatic heterocycles. The third-order valence-corrected chi connectivity index (χ3v) is 2.77. The van der Waals surface area contributed by atoms with E-state index in [4.69, 9.17) is 0 Å². The number of aryl methyl sites for hydroxylation is 1. The summed E-state index contributed by atoms with van der Waals surface area (Å²) in [5.74, 6) is 0. The minimum atomic E-state index is -0.469. The molecule has 0 radical (unpaired) electrons. The molecule has 0 bridgehead atoms. The Morgan fingerprint density at radius 2 is 2.12 bits per heavy atom. The van der Waals surface area contributed by atoms with Crippen molar-refractivity contribution in [2.24, 2.45) is 0 Å². The van der Waals surface area contributed by atoms with E-state index in [0.29, 0.717) is 13.1 Å². The summed E-state index contributed by atoms with van der Waals surface area (Å²) in [5, 5.41) is 20.0. The zero-order chi connectivity index (χ0) is 12.1. The number of hydrogen-bond donors (Lipinski definition) is 3. The number of nitrogens with zero attached hydrogens (tertiary/aromatic N) is 1. The van der Waals surface area contributed by atoms with Crippen LogP contribution in [-0.2, 0) is 6.54 Å². The average molecular weight is 231 g/mol. The summed E-state index contributed by atoms with van der Waals surface area (Å²) in [6.07, 6.45) is 1.33. The van der Waals surface area contributed by atoms with Gasteiger partial charge in [0, 0.05) is 24.3 Å². The van der Waals surface area contributed by atoms with E-state index in [1.54, 1.807) is 6.20 Å². The van der Waals surface area contributed by atoms with Gasteiger partial charge < -0.3 is 10.4 Å². The molecule has 0 saturated carbocycles. The van der Waals surface area contributed by atoms with Gasteiger partial charge in [-0.2, -0.15) is 5.10 Å². The van der Waals surface area contributed by atoms with Crippen molar-refractivity contribution in [1.82, 2.24) is 15.5 Å². The zero-order valence-electron chi connectivity index (χ0n) is 9.85. The van der Waals surface area contributed by atoms with Gasteiger partial charge in [-0.3, -0.25) is 5.10 Å². The molecule has 2 aromatic rings. The van der Waals surface area contributed by atoms with Gasteiger partial charge in [0.25, 0.3) is 0 Å². The van der Waals surface area contributed by atoms with Crippen LogP contribution in [0.25, 0.3) is 0 Å². The zero-order valence-corrected chi connectivity index (χ0v) is 9.85.